The van der Waals surface area contributed by atoms with E-state index < -0.39 is 34.9 Å². The normalized spacial score (nSPS) is 15.9. The molecule has 0 saturated carbocycles. The number of nitrogens with two attached hydrogens (primary N) is 1. The lowest BCUT2D eigenvalue weighted by Crippen LogP contribution is -2.32. The number of halogens is 4. The molecule has 0 aliphatic rings. The van der Waals surface area contributed by atoms with Crippen LogP contribution in [-0.4, -0.2) is 39.0 Å². The van der Waals surface area contributed by atoms with E-state index in [2.05, 4.69) is 0 Å². The maximum Gasteiger partial charge on any atom is 0.395 e. The van der Waals surface area contributed by atoms with Crippen molar-refractivity contribution < 1.29 is 27.3 Å². The second-order valence-corrected chi connectivity index (χ2v) is 7.15. The highest BCUT2D eigenvalue weighted by Gasteiger charge is 2.40. The van der Waals surface area contributed by atoms with Crippen molar-refractivity contribution in [3.05, 3.63) is 34.9 Å². The number of aliphatic carboxylic acids is 1. The highest BCUT2D eigenvalue weighted by atomic mass is 35.5. The number of rotatable bonds is 8. The van der Waals surface area contributed by atoms with E-state index in [9.17, 15) is 22.2 Å². The van der Waals surface area contributed by atoms with Gasteiger partial charge in [0.2, 0.25) is 0 Å². The van der Waals surface area contributed by atoms with E-state index in [4.69, 9.17) is 22.4 Å². The van der Waals surface area contributed by atoms with Crippen LogP contribution < -0.4 is 5.73 Å². The van der Waals surface area contributed by atoms with Gasteiger partial charge in [-0.15, -0.1) is 0 Å². The maximum atomic E-state index is 13.1. The molecule has 0 saturated heterocycles. The van der Waals surface area contributed by atoms with Gasteiger partial charge < -0.3 is 10.8 Å². The lowest BCUT2D eigenvalue weighted by atomic mass is 9.96. The minimum Gasteiger partial charge on any atom is -0.480 e. The Morgan fingerprint density at radius 3 is 2.22 bits per heavy atom. The van der Waals surface area contributed by atoms with Gasteiger partial charge in [-0.25, -0.2) is 0 Å². The molecule has 1 aromatic rings. The lowest BCUT2D eigenvalue weighted by molar-refractivity contribution is -0.150. The second-order valence-electron chi connectivity index (χ2n) is 5.02. The Hall–Kier alpha value is -1.12. The Labute approximate surface area is 139 Å². The number of hydrogen-bond acceptors (Lipinski definition) is 3. The summed E-state index contributed by atoms with van der Waals surface area (Å²) in [6.45, 7) is 0. The van der Waals surface area contributed by atoms with Gasteiger partial charge in [0.1, 0.15) is 6.04 Å². The monoisotopic (exact) mass is 371 g/mol. The minimum absolute atomic E-state index is 0.0421. The number of benzene rings is 1. The van der Waals surface area contributed by atoms with Crippen molar-refractivity contribution in [3.8, 4) is 0 Å². The van der Waals surface area contributed by atoms with Crippen molar-refractivity contribution in [1.82, 2.24) is 0 Å². The molecule has 0 amide bonds. The fourth-order valence-corrected chi connectivity index (χ4v) is 3.29. The third-order valence-corrected chi connectivity index (χ3v) is 4.91. The van der Waals surface area contributed by atoms with Gasteiger partial charge in [0.05, 0.1) is 5.92 Å². The Bertz CT molecular complexity index is 551. The van der Waals surface area contributed by atoms with Crippen molar-refractivity contribution >= 4 is 28.4 Å². The average molecular weight is 372 g/mol. The van der Waals surface area contributed by atoms with E-state index in [1.165, 1.54) is 24.3 Å². The van der Waals surface area contributed by atoms with Gasteiger partial charge in [0.15, 0.2) is 0 Å². The van der Waals surface area contributed by atoms with Crippen LogP contribution in [0.3, 0.4) is 0 Å². The highest BCUT2D eigenvalue weighted by Crippen LogP contribution is 2.37. The van der Waals surface area contributed by atoms with E-state index in [0.29, 0.717) is 5.02 Å². The van der Waals surface area contributed by atoms with Crippen LogP contribution in [-0.2, 0) is 15.6 Å². The molecule has 3 atom stereocenters. The molecule has 1 aromatic carbocycles. The van der Waals surface area contributed by atoms with Crippen LogP contribution in [0.2, 0.25) is 5.02 Å². The summed E-state index contributed by atoms with van der Waals surface area (Å²) in [6, 6.07) is 4.18. The van der Waals surface area contributed by atoms with Gasteiger partial charge in [-0.1, -0.05) is 23.7 Å². The molecule has 1 rings (SSSR count). The van der Waals surface area contributed by atoms with Gasteiger partial charge in [-0.05, 0) is 30.5 Å². The molecule has 0 aliphatic carbocycles. The first kappa shape index (κ1) is 19.9. The maximum absolute atomic E-state index is 13.1. The summed E-state index contributed by atoms with van der Waals surface area (Å²) in [5, 5.41) is 8.94. The fourth-order valence-electron chi connectivity index (χ4n) is 1.95. The quantitative estimate of drug-likeness (QED) is 0.736. The molecule has 0 spiro atoms. The summed E-state index contributed by atoms with van der Waals surface area (Å²) < 4.78 is 51.2. The molecule has 130 valence electrons. The predicted octanol–water partition coefficient (Wildman–Crippen LogP) is 2.93. The molecule has 0 fully saturated rings. The van der Waals surface area contributed by atoms with Crippen LogP contribution in [0.15, 0.2) is 24.3 Å². The lowest BCUT2D eigenvalue weighted by Gasteiger charge is -2.20. The van der Waals surface area contributed by atoms with Crippen LogP contribution in [0.25, 0.3) is 0 Å². The first-order chi connectivity index (χ1) is 10.6. The van der Waals surface area contributed by atoms with E-state index in [0.717, 1.165) is 0 Å². The van der Waals surface area contributed by atoms with Crippen LogP contribution in [0.5, 0.6) is 0 Å². The standard InChI is InChI=1S/C14H17ClF3NO3S/c15-10-3-1-9(2-4-10)11(14(16,17)18)5-7-23(22)8-6-12(19)13(20)21/h1-4,11-12H,5-8,19H2,(H,20,21). The van der Waals surface area contributed by atoms with Crippen LogP contribution in [0.4, 0.5) is 13.2 Å². The highest BCUT2D eigenvalue weighted by molar-refractivity contribution is 7.84. The molecule has 0 aliphatic heterocycles. The Balaban J connectivity index is 2.64. The topological polar surface area (TPSA) is 80.4 Å². The summed E-state index contributed by atoms with van der Waals surface area (Å²) in [5.74, 6) is -3.19. The summed E-state index contributed by atoms with van der Waals surface area (Å²) in [6.07, 6.45) is -4.85. The predicted molar refractivity (Wildman–Crippen MR) is 83.0 cm³/mol. The van der Waals surface area contributed by atoms with E-state index in [1.54, 1.807) is 0 Å². The number of carboxylic acids is 1. The molecule has 23 heavy (non-hydrogen) atoms. The molecule has 0 radical (unpaired) electrons. The van der Waals surface area contributed by atoms with Crippen molar-refractivity contribution in [1.29, 1.82) is 0 Å². The van der Waals surface area contributed by atoms with E-state index >= 15 is 0 Å². The minimum atomic E-state index is -4.46. The van der Waals surface area contributed by atoms with Crippen molar-refractivity contribution in [2.75, 3.05) is 11.5 Å². The average Bonchev–Trinajstić information content (AvgIpc) is 2.45. The summed E-state index contributed by atoms with van der Waals surface area (Å²) in [4.78, 5) is 10.5. The van der Waals surface area contributed by atoms with Gasteiger partial charge in [-0.2, -0.15) is 13.2 Å². The second kappa shape index (κ2) is 8.65. The van der Waals surface area contributed by atoms with E-state index in [1.807, 2.05) is 0 Å². The van der Waals surface area contributed by atoms with Gasteiger partial charge >= 0.3 is 12.1 Å². The molecule has 0 bridgehead atoms. The molecular formula is C14H17ClF3NO3S. The van der Waals surface area contributed by atoms with Gasteiger partial charge in [0.25, 0.3) is 0 Å². The van der Waals surface area contributed by atoms with Gasteiger partial charge in [0, 0.05) is 27.3 Å². The Morgan fingerprint density at radius 2 is 1.74 bits per heavy atom. The number of carboxylic acid groups (broad SMARTS) is 1. The van der Waals surface area contributed by atoms with E-state index in [-0.39, 0.29) is 29.9 Å². The summed E-state index contributed by atoms with van der Waals surface area (Å²) >= 11 is 5.66. The zero-order valence-electron chi connectivity index (χ0n) is 12.1. The zero-order chi connectivity index (χ0) is 17.6. The number of alkyl halides is 3. The largest absolute Gasteiger partial charge is 0.480 e. The molecular weight excluding hydrogens is 355 g/mol. The number of hydrogen-bond donors (Lipinski definition) is 2. The number of carbonyl (C=O) groups is 1. The molecule has 4 nitrogen and oxygen atoms in total. The molecule has 0 heterocycles. The van der Waals surface area contributed by atoms with Crippen LogP contribution >= 0.6 is 11.6 Å². The SMILES string of the molecule is NC(CCS(=O)CCC(c1ccc(Cl)cc1)C(F)(F)F)C(=O)O. The first-order valence-electron chi connectivity index (χ1n) is 6.76. The summed E-state index contributed by atoms with van der Waals surface area (Å²) in [7, 11) is -1.56. The third-order valence-electron chi connectivity index (χ3n) is 3.28. The first-order valence-corrected chi connectivity index (χ1v) is 8.63. The molecule has 9 heteroatoms. The van der Waals surface area contributed by atoms with Crippen molar-refractivity contribution in [2.24, 2.45) is 5.73 Å². The van der Waals surface area contributed by atoms with Crippen molar-refractivity contribution in [2.45, 2.75) is 31.0 Å². The molecule has 0 aromatic heterocycles. The van der Waals surface area contributed by atoms with Crippen LogP contribution in [0.1, 0.15) is 24.3 Å². The third kappa shape index (κ3) is 6.88. The van der Waals surface area contributed by atoms with Crippen molar-refractivity contribution in [3.63, 3.8) is 0 Å². The Morgan fingerprint density at radius 1 is 1.22 bits per heavy atom. The van der Waals surface area contributed by atoms with Crippen LogP contribution in [0, 0.1) is 0 Å². The fraction of sp³-hybridized carbons (Fsp3) is 0.500. The zero-order valence-corrected chi connectivity index (χ0v) is 13.6. The smallest absolute Gasteiger partial charge is 0.395 e. The van der Waals surface area contributed by atoms with Gasteiger partial charge in [-0.3, -0.25) is 9.00 Å². The molecule has 3 unspecified atom stereocenters. The summed E-state index contributed by atoms with van der Waals surface area (Å²) in [5.41, 5.74) is 5.33. The molecule has 3 N–H and O–H groups in total. The Kier molecular flexibility index (Phi) is 7.50.